The Morgan fingerprint density at radius 3 is 2.19 bits per heavy atom. The fourth-order valence-corrected chi connectivity index (χ4v) is 0.825. The zero-order valence-corrected chi connectivity index (χ0v) is 10.2. The van der Waals surface area contributed by atoms with Crippen molar-refractivity contribution in [1.29, 1.82) is 0 Å². The van der Waals surface area contributed by atoms with Crippen molar-refractivity contribution in [3.63, 3.8) is 0 Å². The number of esters is 1. The molecule has 0 unspecified atom stereocenters. The summed E-state index contributed by atoms with van der Waals surface area (Å²) in [7, 11) is 1.31. The molecule has 0 radical (unpaired) electrons. The number of unbranched alkanes of at least 4 members (excludes halogenated alkanes) is 1. The summed E-state index contributed by atoms with van der Waals surface area (Å²) >= 11 is 0. The molecule has 16 heavy (non-hydrogen) atoms. The topological polar surface area (TPSA) is 63.6 Å². The van der Waals surface area contributed by atoms with Crippen molar-refractivity contribution in [3.8, 4) is 0 Å². The molecule has 0 spiro atoms. The van der Waals surface area contributed by atoms with Crippen LogP contribution in [0.2, 0.25) is 0 Å². The second kappa shape index (κ2) is 11.5. The lowest BCUT2D eigenvalue weighted by Gasteiger charge is -1.97. The Hall–Kier alpha value is -1.58. The molecular weight excluding hydrogens is 208 g/mol. The molecule has 0 heterocycles. The van der Waals surface area contributed by atoms with Gasteiger partial charge in [-0.2, -0.15) is 0 Å². The summed E-state index contributed by atoms with van der Waals surface area (Å²) in [5.41, 5.74) is 0.529. The summed E-state index contributed by atoms with van der Waals surface area (Å²) in [6.07, 6.45) is 5.48. The minimum atomic E-state index is -0.782. The van der Waals surface area contributed by atoms with E-state index in [1.807, 2.05) is 0 Å². The van der Waals surface area contributed by atoms with Gasteiger partial charge >= 0.3 is 11.9 Å². The van der Waals surface area contributed by atoms with Crippen LogP contribution in [0.15, 0.2) is 24.3 Å². The van der Waals surface area contributed by atoms with Crippen LogP contribution in [0.3, 0.4) is 0 Å². The average Bonchev–Trinajstić information content (AvgIpc) is 2.29. The molecule has 0 aromatic rings. The molecule has 0 aliphatic carbocycles. The molecule has 0 atom stereocenters. The number of methoxy groups -OCH3 is 1. The first kappa shape index (κ1) is 16.8. The molecule has 0 rings (SSSR count). The Balaban J connectivity index is 0. The highest BCUT2D eigenvalue weighted by Gasteiger charge is 2.02. The fourth-order valence-electron chi connectivity index (χ4n) is 0.825. The first-order valence-corrected chi connectivity index (χ1v) is 5.12. The Morgan fingerprint density at radius 2 is 2.00 bits per heavy atom. The second-order valence-electron chi connectivity index (χ2n) is 2.95. The normalized spacial score (nSPS) is 9.81. The maximum Gasteiger partial charge on any atom is 0.331 e. The number of carbonyl (C=O) groups is 2. The monoisotopic (exact) mass is 228 g/mol. The number of carboxylic acid groups (broad SMARTS) is 1. The zero-order chi connectivity index (χ0) is 13.0. The summed E-state index contributed by atoms with van der Waals surface area (Å²) in [5.74, 6) is -1.18. The molecule has 0 aliphatic rings. The van der Waals surface area contributed by atoms with E-state index in [2.05, 4.69) is 18.2 Å². The predicted molar refractivity (Wildman–Crippen MR) is 63.1 cm³/mol. The molecule has 0 aromatic carbocycles. The first-order chi connectivity index (χ1) is 7.53. The van der Waals surface area contributed by atoms with Gasteiger partial charge in [-0.25, -0.2) is 9.59 Å². The molecule has 0 aliphatic heterocycles. The third-order valence-electron chi connectivity index (χ3n) is 1.79. The molecule has 1 N–H and O–H groups in total. The molecule has 92 valence electrons. The standard InChI is InChI=1S/C8H14O2.C4H6O2/c1-3-5-6-7(4-2)8(9)10;1-3-4(5)6-2/h4H,3,5-6H2,1-2H3,(H,9,10);3H,1H2,2H3. The van der Waals surface area contributed by atoms with Crippen LogP contribution in [0.4, 0.5) is 0 Å². The van der Waals surface area contributed by atoms with Crippen LogP contribution in [-0.4, -0.2) is 24.2 Å². The van der Waals surface area contributed by atoms with Gasteiger partial charge in [0, 0.05) is 11.6 Å². The van der Waals surface area contributed by atoms with Gasteiger partial charge in [0.05, 0.1) is 7.11 Å². The van der Waals surface area contributed by atoms with E-state index in [0.29, 0.717) is 12.0 Å². The molecule has 0 amide bonds. The summed E-state index contributed by atoms with van der Waals surface area (Å²) in [4.78, 5) is 20.2. The smallest absolute Gasteiger partial charge is 0.331 e. The molecule has 4 heteroatoms. The summed E-state index contributed by atoms with van der Waals surface area (Å²) < 4.78 is 4.14. The van der Waals surface area contributed by atoms with Gasteiger partial charge in [-0.1, -0.05) is 26.0 Å². The van der Waals surface area contributed by atoms with Crippen molar-refractivity contribution in [2.45, 2.75) is 33.1 Å². The largest absolute Gasteiger partial charge is 0.478 e. The summed E-state index contributed by atoms with van der Waals surface area (Å²) in [6, 6.07) is 0. The molecule has 0 saturated heterocycles. The van der Waals surface area contributed by atoms with Crippen LogP contribution in [0.25, 0.3) is 0 Å². The molecular formula is C12H20O4. The Kier molecular flexibility index (Phi) is 12.1. The average molecular weight is 228 g/mol. The van der Waals surface area contributed by atoms with Crippen molar-refractivity contribution in [2.75, 3.05) is 7.11 Å². The number of hydrogen-bond acceptors (Lipinski definition) is 3. The van der Waals surface area contributed by atoms with Gasteiger partial charge in [0.2, 0.25) is 0 Å². The molecule has 0 saturated carbocycles. The minimum absolute atomic E-state index is 0.394. The van der Waals surface area contributed by atoms with Gasteiger partial charge in [0.15, 0.2) is 0 Å². The highest BCUT2D eigenvalue weighted by atomic mass is 16.5. The molecule has 0 aromatic heterocycles. The maximum absolute atomic E-state index is 10.4. The first-order valence-electron chi connectivity index (χ1n) is 5.12. The van der Waals surface area contributed by atoms with Crippen LogP contribution < -0.4 is 0 Å². The Morgan fingerprint density at radius 1 is 1.44 bits per heavy atom. The predicted octanol–water partition coefficient (Wildman–Crippen LogP) is 2.55. The van der Waals surface area contributed by atoms with Crippen molar-refractivity contribution in [1.82, 2.24) is 0 Å². The van der Waals surface area contributed by atoms with Crippen LogP contribution in [0.1, 0.15) is 33.1 Å². The van der Waals surface area contributed by atoms with Crippen molar-refractivity contribution < 1.29 is 19.4 Å². The lowest BCUT2D eigenvalue weighted by Crippen LogP contribution is -1.99. The summed E-state index contributed by atoms with van der Waals surface area (Å²) in [5, 5.41) is 8.53. The van der Waals surface area contributed by atoms with Gasteiger partial charge in [-0.3, -0.25) is 0 Å². The zero-order valence-electron chi connectivity index (χ0n) is 10.2. The van der Waals surface area contributed by atoms with Crippen molar-refractivity contribution in [2.24, 2.45) is 0 Å². The van der Waals surface area contributed by atoms with Crippen LogP contribution in [0, 0.1) is 0 Å². The lowest BCUT2D eigenvalue weighted by molar-refractivity contribution is -0.135. The Bertz CT molecular complexity index is 254. The minimum Gasteiger partial charge on any atom is -0.478 e. The van der Waals surface area contributed by atoms with E-state index in [1.54, 1.807) is 13.0 Å². The van der Waals surface area contributed by atoms with E-state index in [0.717, 1.165) is 18.9 Å². The second-order valence-corrected chi connectivity index (χ2v) is 2.95. The van der Waals surface area contributed by atoms with Crippen molar-refractivity contribution >= 4 is 11.9 Å². The van der Waals surface area contributed by atoms with Crippen molar-refractivity contribution in [3.05, 3.63) is 24.3 Å². The lowest BCUT2D eigenvalue weighted by atomic mass is 10.1. The molecule has 4 nitrogen and oxygen atoms in total. The Labute approximate surface area is 96.6 Å². The van der Waals surface area contributed by atoms with E-state index >= 15 is 0 Å². The van der Waals surface area contributed by atoms with Crippen LogP contribution in [-0.2, 0) is 14.3 Å². The number of aliphatic carboxylic acids is 1. The van der Waals surface area contributed by atoms with E-state index in [-0.39, 0.29) is 0 Å². The van der Waals surface area contributed by atoms with Crippen LogP contribution >= 0.6 is 0 Å². The summed E-state index contributed by atoms with van der Waals surface area (Å²) in [6.45, 7) is 6.97. The number of hydrogen-bond donors (Lipinski definition) is 1. The highest BCUT2D eigenvalue weighted by molar-refractivity contribution is 5.86. The van der Waals surface area contributed by atoms with Gasteiger partial charge in [-0.15, -0.1) is 0 Å². The van der Waals surface area contributed by atoms with Gasteiger partial charge in [0.25, 0.3) is 0 Å². The number of carboxylic acids is 1. The van der Waals surface area contributed by atoms with E-state index < -0.39 is 11.9 Å². The third-order valence-corrected chi connectivity index (χ3v) is 1.79. The van der Waals surface area contributed by atoms with E-state index in [4.69, 9.17) is 5.11 Å². The van der Waals surface area contributed by atoms with Gasteiger partial charge in [0.1, 0.15) is 0 Å². The number of rotatable bonds is 5. The van der Waals surface area contributed by atoms with Gasteiger partial charge in [-0.05, 0) is 19.8 Å². The van der Waals surface area contributed by atoms with Gasteiger partial charge < -0.3 is 9.84 Å². The molecule has 0 fully saturated rings. The third kappa shape index (κ3) is 10.5. The van der Waals surface area contributed by atoms with E-state index in [9.17, 15) is 9.59 Å². The number of carbonyl (C=O) groups excluding carboxylic acids is 1. The highest BCUT2D eigenvalue weighted by Crippen LogP contribution is 2.06. The maximum atomic E-state index is 10.4. The van der Waals surface area contributed by atoms with E-state index in [1.165, 1.54) is 7.11 Å². The fraction of sp³-hybridized carbons (Fsp3) is 0.500. The number of allylic oxidation sites excluding steroid dienone is 1. The quantitative estimate of drug-likeness (QED) is 0.580. The molecule has 0 bridgehead atoms. The SMILES string of the molecule is C=CC(=O)OC.CC=C(CCCC)C(=O)O. The number of ether oxygens (including phenoxy) is 1. The van der Waals surface area contributed by atoms with Crippen LogP contribution in [0.5, 0.6) is 0 Å².